The number of aromatic hydroxyl groups is 1. The predicted molar refractivity (Wildman–Crippen MR) is 122 cm³/mol. The van der Waals surface area contributed by atoms with E-state index in [0.717, 1.165) is 7.11 Å². The monoisotopic (exact) mass is 471 g/mol. The Morgan fingerprint density at radius 1 is 1.15 bits per heavy atom. The summed E-state index contributed by atoms with van der Waals surface area (Å²) in [6.45, 7) is 0.277. The van der Waals surface area contributed by atoms with Gasteiger partial charge in [0.05, 0.1) is 40.2 Å². The lowest BCUT2D eigenvalue weighted by Crippen LogP contribution is -2.30. The van der Waals surface area contributed by atoms with E-state index >= 15 is 0 Å². The minimum Gasteiger partial charge on any atom is -0.506 e. The molecule has 0 radical (unpaired) electrons. The first kappa shape index (κ1) is 22.5. The molecular formula is C24H22ClNO7. The highest BCUT2D eigenvalue weighted by Gasteiger charge is 2.30. The minimum absolute atomic E-state index is 0.0562. The fraction of sp³-hybridized carbons (Fsp3) is 0.250. The predicted octanol–water partition coefficient (Wildman–Crippen LogP) is 3.66. The van der Waals surface area contributed by atoms with Crippen LogP contribution in [0.1, 0.15) is 21.5 Å². The molecule has 0 saturated carbocycles. The van der Waals surface area contributed by atoms with Crippen LogP contribution in [0, 0.1) is 0 Å². The molecule has 2 aromatic carbocycles. The lowest BCUT2D eigenvalue weighted by molar-refractivity contribution is 0.0594. The number of aromatic nitrogens is 1. The van der Waals surface area contributed by atoms with Gasteiger partial charge in [0.1, 0.15) is 23.0 Å². The average Bonchev–Trinajstić information content (AvgIpc) is 3.01. The Kier molecular flexibility index (Phi) is 6.20. The molecule has 9 heteroatoms. The molecule has 1 aliphatic heterocycles. The molecule has 1 N–H and O–H groups in total. The third-order valence-electron chi connectivity index (χ3n) is 5.56. The second-order valence-electron chi connectivity index (χ2n) is 7.35. The second kappa shape index (κ2) is 9.07. The molecule has 0 bridgehead atoms. The normalized spacial score (nSPS) is 12.1. The van der Waals surface area contributed by atoms with E-state index < -0.39 is 22.8 Å². The summed E-state index contributed by atoms with van der Waals surface area (Å²) < 4.78 is 22.8. The molecule has 8 nitrogen and oxygen atoms in total. The maximum Gasteiger partial charge on any atom is 0.347 e. The average molecular weight is 472 g/mol. The number of carbonyl (C=O) groups excluding carboxylic acids is 1. The summed E-state index contributed by atoms with van der Waals surface area (Å²) in [5, 5.41) is 11.4. The molecule has 172 valence electrons. The molecule has 0 atom stereocenters. The van der Waals surface area contributed by atoms with E-state index in [0.29, 0.717) is 44.7 Å². The first-order valence-electron chi connectivity index (χ1n) is 10.1. The number of pyridine rings is 1. The third-order valence-corrected chi connectivity index (χ3v) is 5.79. The van der Waals surface area contributed by atoms with Gasteiger partial charge in [0, 0.05) is 34.2 Å². The molecule has 3 aromatic rings. The minimum atomic E-state index is -0.919. The van der Waals surface area contributed by atoms with Crippen LogP contribution in [0.4, 0.5) is 0 Å². The van der Waals surface area contributed by atoms with Crippen LogP contribution in [0.25, 0.3) is 11.3 Å². The van der Waals surface area contributed by atoms with Crippen molar-refractivity contribution in [3.05, 3.63) is 68.5 Å². The van der Waals surface area contributed by atoms with E-state index in [1.807, 2.05) is 0 Å². The lowest BCUT2D eigenvalue weighted by Gasteiger charge is -2.20. The molecule has 2 heterocycles. The van der Waals surface area contributed by atoms with Gasteiger partial charge in [0.15, 0.2) is 5.56 Å². The van der Waals surface area contributed by atoms with Crippen molar-refractivity contribution < 1.29 is 28.8 Å². The number of hydrogen-bond acceptors (Lipinski definition) is 7. The van der Waals surface area contributed by atoms with Crippen LogP contribution in [-0.4, -0.2) is 43.6 Å². The van der Waals surface area contributed by atoms with E-state index in [1.54, 1.807) is 43.5 Å². The quantitative estimate of drug-likeness (QED) is 0.567. The molecule has 0 fully saturated rings. The summed E-state index contributed by atoms with van der Waals surface area (Å²) in [5.41, 5.74) is 0.962. The maximum atomic E-state index is 13.5. The highest BCUT2D eigenvalue weighted by Crippen LogP contribution is 2.41. The summed E-state index contributed by atoms with van der Waals surface area (Å²) in [6.07, 6.45) is 0.261. The van der Waals surface area contributed by atoms with Crippen molar-refractivity contribution in [2.45, 2.75) is 13.0 Å². The fourth-order valence-corrected chi connectivity index (χ4v) is 4.13. The molecule has 0 unspecified atom stereocenters. The largest absolute Gasteiger partial charge is 0.506 e. The van der Waals surface area contributed by atoms with Gasteiger partial charge >= 0.3 is 5.97 Å². The van der Waals surface area contributed by atoms with E-state index in [2.05, 4.69) is 0 Å². The number of nitrogens with zero attached hydrogens (tertiary/aromatic N) is 1. The van der Waals surface area contributed by atoms with Gasteiger partial charge < -0.3 is 28.6 Å². The number of halogens is 1. The van der Waals surface area contributed by atoms with Crippen LogP contribution < -0.4 is 19.8 Å². The number of ether oxygens (including phenoxy) is 4. The highest BCUT2D eigenvalue weighted by atomic mass is 35.5. The second-order valence-corrected chi connectivity index (χ2v) is 7.79. The third kappa shape index (κ3) is 3.98. The van der Waals surface area contributed by atoms with Crippen LogP contribution in [0.15, 0.2) is 41.2 Å². The molecule has 0 spiro atoms. The Morgan fingerprint density at radius 2 is 1.94 bits per heavy atom. The summed E-state index contributed by atoms with van der Waals surface area (Å²) in [4.78, 5) is 26.0. The topological polar surface area (TPSA) is 96.2 Å². The van der Waals surface area contributed by atoms with Crippen LogP contribution in [0.3, 0.4) is 0 Å². The van der Waals surface area contributed by atoms with Crippen LogP contribution in [-0.2, 0) is 17.7 Å². The van der Waals surface area contributed by atoms with Crippen molar-refractivity contribution in [2.75, 3.05) is 27.9 Å². The highest BCUT2D eigenvalue weighted by molar-refractivity contribution is 6.30. The molecule has 33 heavy (non-hydrogen) atoms. The number of rotatable bonds is 5. The number of carbonyl (C=O) groups is 1. The molecule has 0 amide bonds. The Morgan fingerprint density at radius 3 is 2.64 bits per heavy atom. The van der Waals surface area contributed by atoms with E-state index in [1.165, 1.54) is 11.7 Å². The summed E-state index contributed by atoms with van der Waals surface area (Å²) in [5.74, 6) is 0.241. The maximum absolute atomic E-state index is 13.5. The van der Waals surface area contributed by atoms with Crippen molar-refractivity contribution >= 4 is 17.6 Å². The number of methoxy groups -OCH3 is 3. The van der Waals surface area contributed by atoms with Gasteiger partial charge in [-0.3, -0.25) is 4.79 Å². The van der Waals surface area contributed by atoms with Crippen LogP contribution in [0.5, 0.6) is 23.0 Å². The first-order chi connectivity index (χ1) is 15.9. The van der Waals surface area contributed by atoms with Gasteiger partial charge in [-0.05, 0) is 30.3 Å². The van der Waals surface area contributed by atoms with Gasteiger partial charge in [-0.1, -0.05) is 11.6 Å². The summed E-state index contributed by atoms with van der Waals surface area (Å²) in [6, 6.07) is 10.3. The van der Waals surface area contributed by atoms with Crippen molar-refractivity contribution in [3.8, 4) is 34.3 Å². The molecule has 1 aliphatic rings. The number of benzene rings is 2. The standard InChI is InChI=1S/C24H22ClNO7/c1-30-15-6-4-13(18(11-15)31-2)12-26-21-16-7-5-14(25)10-19(16)33-9-8-17(21)22(27)20(23(26)28)24(29)32-3/h4-7,10-11,27H,8-9,12H2,1-3H3. The Hall–Kier alpha value is -3.65. The summed E-state index contributed by atoms with van der Waals surface area (Å²) >= 11 is 6.16. The van der Waals surface area contributed by atoms with E-state index in [4.69, 9.17) is 30.5 Å². The van der Waals surface area contributed by atoms with Crippen molar-refractivity contribution in [1.29, 1.82) is 0 Å². The van der Waals surface area contributed by atoms with Gasteiger partial charge in [0.25, 0.3) is 5.56 Å². The zero-order valence-corrected chi connectivity index (χ0v) is 19.1. The van der Waals surface area contributed by atoms with E-state index in [9.17, 15) is 14.7 Å². The van der Waals surface area contributed by atoms with Gasteiger partial charge in [-0.25, -0.2) is 4.79 Å². The molecule has 0 aliphatic carbocycles. The SMILES string of the molecule is COC(=O)c1c(O)c2c(n(Cc3ccc(OC)cc3OC)c1=O)-c1ccc(Cl)cc1OCC2. The zero-order chi connectivity index (χ0) is 23.7. The van der Waals surface area contributed by atoms with Crippen molar-refractivity contribution in [1.82, 2.24) is 4.57 Å². The van der Waals surface area contributed by atoms with Crippen LogP contribution in [0.2, 0.25) is 5.02 Å². The number of esters is 1. The molecular weight excluding hydrogens is 450 g/mol. The molecule has 1 aromatic heterocycles. The number of hydrogen-bond donors (Lipinski definition) is 1. The number of fused-ring (bicyclic) bond motifs is 3. The fourth-order valence-electron chi connectivity index (χ4n) is 3.97. The zero-order valence-electron chi connectivity index (χ0n) is 18.3. The lowest BCUT2D eigenvalue weighted by atomic mass is 9.99. The van der Waals surface area contributed by atoms with Gasteiger partial charge in [-0.2, -0.15) is 0 Å². The van der Waals surface area contributed by atoms with Crippen molar-refractivity contribution in [3.63, 3.8) is 0 Å². The molecule has 4 rings (SSSR count). The first-order valence-corrected chi connectivity index (χ1v) is 10.5. The smallest absolute Gasteiger partial charge is 0.347 e. The van der Waals surface area contributed by atoms with E-state index in [-0.39, 0.29) is 19.6 Å². The van der Waals surface area contributed by atoms with Gasteiger partial charge in [0.2, 0.25) is 0 Å². The Labute approximate surface area is 194 Å². The Bertz CT molecular complexity index is 1300. The summed E-state index contributed by atoms with van der Waals surface area (Å²) in [7, 11) is 4.22. The van der Waals surface area contributed by atoms with Gasteiger partial charge in [-0.15, -0.1) is 0 Å². The van der Waals surface area contributed by atoms with Crippen molar-refractivity contribution in [2.24, 2.45) is 0 Å². The molecule has 0 saturated heterocycles. The van der Waals surface area contributed by atoms with Crippen LogP contribution >= 0.6 is 11.6 Å². The Balaban J connectivity index is 2.04.